The van der Waals surface area contributed by atoms with E-state index >= 15 is 0 Å². The number of urea groups is 1. The number of carbonyl (C=O) groups is 3. The van der Waals surface area contributed by atoms with E-state index in [4.69, 9.17) is 14.2 Å². The van der Waals surface area contributed by atoms with Crippen LogP contribution in [0.4, 0.5) is 4.79 Å². The summed E-state index contributed by atoms with van der Waals surface area (Å²) in [5.41, 5.74) is 0.413. The van der Waals surface area contributed by atoms with Crippen LogP contribution >= 0.6 is 0 Å². The predicted octanol–water partition coefficient (Wildman–Crippen LogP) is 1.52. The summed E-state index contributed by atoms with van der Waals surface area (Å²) in [7, 11) is 0. The molecule has 1 aromatic rings. The largest absolute Gasteiger partial charge is 0.479 e. The third-order valence-electron chi connectivity index (χ3n) is 3.61. The van der Waals surface area contributed by atoms with Crippen molar-refractivity contribution in [2.24, 2.45) is 0 Å². The molecule has 0 aromatic heterocycles. The average Bonchev–Trinajstić information content (AvgIpc) is 2.60. The maximum Gasteiger partial charge on any atom is 0.347 e. The molecule has 0 saturated carbocycles. The van der Waals surface area contributed by atoms with Crippen LogP contribution in [0.1, 0.15) is 20.8 Å². The van der Waals surface area contributed by atoms with Gasteiger partial charge in [0, 0.05) is 0 Å². The predicted molar refractivity (Wildman–Crippen MR) is 92.3 cm³/mol. The number of hydrogen-bond donors (Lipinski definition) is 2. The second kappa shape index (κ2) is 8.89. The molecule has 2 rings (SSSR count). The third kappa shape index (κ3) is 4.98. The van der Waals surface area contributed by atoms with Gasteiger partial charge in [-0.2, -0.15) is 0 Å². The second-order valence-corrected chi connectivity index (χ2v) is 5.61. The molecule has 8 heteroatoms. The number of amides is 2. The molecule has 2 amide bonds. The molecule has 8 nitrogen and oxygen atoms in total. The molecule has 26 heavy (non-hydrogen) atoms. The summed E-state index contributed by atoms with van der Waals surface area (Å²) in [6.45, 7) is 4.80. The molecular weight excluding hydrogens is 340 g/mol. The van der Waals surface area contributed by atoms with Crippen LogP contribution < -0.4 is 15.4 Å². The van der Waals surface area contributed by atoms with Crippen LogP contribution in [0.15, 0.2) is 41.6 Å². The van der Waals surface area contributed by atoms with Gasteiger partial charge in [0.15, 0.2) is 6.10 Å². The summed E-state index contributed by atoms with van der Waals surface area (Å²) in [5.74, 6) is -0.663. The molecule has 2 atom stereocenters. The number of ether oxygens (including phenoxy) is 3. The van der Waals surface area contributed by atoms with Crippen LogP contribution in [0.2, 0.25) is 0 Å². The highest BCUT2D eigenvalue weighted by atomic mass is 16.6. The highest BCUT2D eigenvalue weighted by molar-refractivity contribution is 5.94. The molecule has 0 saturated heterocycles. The molecule has 0 unspecified atom stereocenters. The summed E-state index contributed by atoms with van der Waals surface area (Å²) < 4.78 is 15.7. The van der Waals surface area contributed by atoms with Gasteiger partial charge in [-0.1, -0.05) is 18.2 Å². The lowest BCUT2D eigenvalue weighted by Crippen LogP contribution is -2.50. The summed E-state index contributed by atoms with van der Waals surface area (Å²) in [4.78, 5) is 35.9. The third-order valence-corrected chi connectivity index (χ3v) is 3.61. The van der Waals surface area contributed by atoms with Crippen LogP contribution in [-0.2, 0) is 19.1 Å². The summed E-state index contributed by atoms with van der Waals surface area (Å²) in [6.07, 6.45) is -0.848. The Bertz CT molecular complexity index is 701. The van der Waals surface area contributed by atoms with Gasteiger partial charge in [-0.15, -0.1) is 0 Å². The van der Waals surface area contributed by atoms with Gasteiger partial charge in [0.05, 0.1) is 23.9 Å². The highest BCUT2D eigenvalue weighted by Crippen LogP contribution is 2.16. The van der Waals surface area contributed by atoms with Crippen LogP contribution in [0.3, 0.4) is 0 Å². The fourth-order valence-corrected chi connectivity index (χ4v) is 2.41. The van der Waals surface area contributed by atoms with E-state index in [1.54, 1.807) is 45.0 Å². The van der Waals surface area contributed by atoms with E-state index in [0.717, 1.165) is 0 Å². The number of nitrogens with one attached hydrogen (secondary N) is 2. The van der Waals surface area contributed by atoms with Gasteiger partial charge in [-0.05, 0) is 32.9 Å². The Labute approximate surface area is 151 Å². The number of rotatable bonds is 7. The molecular formula is C18H22N2O6. The number of hydrogen-bond acceptors (Lipinski definition) is 6. The van der Waals surface area contributed by atoms with Crippen molar-refractivity contribution in [2.75, 3.05) is 13.2 Å². The second-order valence-electron chi connectivity index (χ2n) is 5.61. The van der Waals surface area contributed by atoms with E-state index in [-0.39, 0.29) is 24.5 Å². The van der Waals surface area contributed by atoms with Crippen molar-refractivity contribution < 1.29 is 28.6 Å². The van der Waals surface area contributed by atoms with E-state index < -0.39 is 30.1 Å². The van der Waals surface area contributed by atoms with Crippen LogP contribution in [0.5, 0.6) is 5.75 Å². The van der Waals surface area contributed by atoms with Crippen molar-refractivity contribution in [3.8, 4) is 5.75 Å². The summed E-state index contributed by atoms with van der Waals surface area (Å²) in [6, 6.07) is 7.81. The first-order chi connectivity index (χ1) is 12.4. The zero-order valence-corrected chi connectivity index (χ0v) is 14.9. The topological polar surface area (TPSA) is 103 Å². The summed E-state index contributed by atoms with van der Waals surface area (Å²) >= 11 is 0. The van der Waals surface area contributed by atoms with Crippen molar-refractivity contribution in [2.45, 2.75) is 32.9 Å². The molecule has 0 fully saturated rings. The molecule has 1 heterocycles. The first kappa shape index (κ1) is 19.3. The molecule has 2 N–H and O–H groups in total. The Kier molecular flexibility index (Phi) is 6.60. The highest BCUT2D eigenvalue weighted by Gasteiger charge is 2.30. The van der Waals surface area contributed by atoms with Crippen molar-refractivity contribution >= 4 is 18.0 Å². The van der Waals surface area contributed by atoms with E-state index in [2.05, 4.69) is 10.6 Å². The van der Waals surface area contributed by atoms with Gasteiger partial charge < -0.3 is 24.8 Å². The molecule has 1 aliphatic heterocycles. The molecule has 0 spiro atoms. The zero-order valence-electron chi connectivity index (χ0n) is 14.9. The fourth-order valence-electron chi connectivity index (χ4n) is 2.41. The Hall–Kier alpha value is -3.03. The minimum Gasteiger partial charge on any atom is -0.479 e. The molecule has 0 bridgehead atoms. The van der Waals surface area contributed by atoms with E-state index in [9.17, 15) is 14.4 Å². The smallest absolute Gasteiger partial charge is 0.347 e. The Balaban J connectivity index is 2.04. The molecule has 1 aromatic carbocycles. The van der Waals surface area contributed by atoms with Crippen molar-refractivity contribution in [1.82, 2.24) is 10.6 Å². The Morgan fingerprint density at radius 2 is 1.88 bits per heavy atom. The number of carbonyl (C=O) groups excluding carboxylic acids is 3. The SMILES string of the molecule is CCOC(=O)C1=C(COC(=O)[C@H](C)Oc2ccccc2)NC(=O)N[C@H]1C. The van der Waals surface area contributed by atoms with Crippen LogP contribution in [0, 0.1) is 0 Å². The summed E-state index contributed by atoms with van der Waals surface area (Å²) in [5, 5.41) is 5.06. The quantitative estimate of drug-likeness (QED) is 0.713. The number of esters is 2. The maximum absolute atomic E-state index is 12.1. The van der Waals surface area contributed by atoms with Crippen LogP contribution in [-0.4, -0.2) is 43.3 Å². The lowest BCUT2D eigenvalue weighted by Gasteiger charge is -2.26. The van der Waals surface area contributed by atoms with E-state index in [1.165, 1.54) is 0 Å². The monoisotopic (exact) mass is 362 g/mol. The first-order valence-corrected chi connectivity index (χ1v) is 8.28. The maximum atomic E-state index is 12.1. The lowest BCUT2D eigenvalue weighted by molar-refractivity contribution is -0.150. The Morgan fingerprint density at radius 3 is 2.54 bits per heavy atom. The van der Waals surface area contributed by atoms with Crippen molar-refractivity contribution in [3.63, 3.8) is 0 Å². The van der Waals surface area contributed by atoms with Gasteiger partial charge in [0.25, 0.3) is 0 Å². The lowest BCUT2D eigenvalue weighted by atomic mass is 10.0. The molecule has 0 radical (unpaired) electrons. The zero-order chi connectivity index (χ0) is 19.1. The molecule has 1 aliphatic rings. The first-order valence-electron chi connectivity index (χ1n) is 8.28. The van der Waals surface area contributed by atoms with Gasteiger partial charge in [0.1, 0.15) is 12.4 Å². The average molecular weight is 362 g/mol. The molecule has 0 aliphatic carbocycles. The van der Waals surface area contributed by atoms with E-state index in [1.807, 2.05) is 6.07 Å². The van der Waals surface area contributed by atoms with Crippen molar-refractivity contribution in [1.29, 1.82) is 0 Å². The molecule has 140 valence electrons. The standard InChI is InChI=1S/C18H22N2O6/c1-4-24-17(22)15-11(2)19-18(23)20-14(15)10-25-16(21)12(3)26-13-8-6-5-7-9-13/h5-9,11-12H,4,10H2,1-3H3,(H2,19,20,23)/t11-,12-/m0/s1. The van der Waals surface area contributed by atoms with Gasteiger partial charge >= 0.3 is 18.0 Å². The fraction of sp³-hybridized carbons (Fsp3) is 0.389. The van der Waals surface area contributed by atoms with Crippen molar-refractivity contribution in [3.05, 3.63) is 41.6 Å². The normalized spacial score (nSPS) is 17.7. The number of para-hydroxylation sites is 1. The number of benzene rings is 1. The minimum atomic E-state index is -0.848. The van der Waals surface area contributed by atoms with E-state index in [0.29, 0.717) is 5.75 Å². The Morgan fingerprint density at radius 1 is 1.19 bits per heavy atom. The van der Waals surface area contributed by atoms with Gasteiger partial charge in [0.2, 0.25) is 0 Å². The van der Waals surface area contributed by atoms with Crippen LogP contribution in [0.25, 0.3) is 0 Å². The van der Waals surface area contributed by atoms with Gasteiger partial charge in [-0.25, -0.2) is 14.4 Å². The van der Waals surface area contributed by atoms with Gasteiger partial charge in [-0.3, -0.25) is 0 Å². The minimum absolute atomic E-state index is 0.192.